The van der Waals surface area contributed by atoms with Crippen molar-refractivity contribution >= 4 is 0 Å². The predicted molar refractivity (Wildman–Crippen MR) is 135 cm³/mol. The van der Waals surface area contributed by atoms with E-state index in [0.29, 0.717) is 0 Å². The van der Waals surface area contributed by atoms with Crippen molar-refractivity contribution in [1.29, 1.82) is 0 Å². The van der Waals surface area contributed by atoms with Crippen LogP contribution in [0.1, 0.15) is 33.4 Å². The predicted octanol–water partition coefficient (Wildman–Crippen LogP) is 7.23. The SMILES string of the molecule is c1ccc(C2(c3ccc(-c4ccncc4)cc3)c3ccccc3CCc3ccccc32)cc1. The topological polar surface area (TPSA) is 12.9 Å². The van der Waals surface area contributed by atoms with Gasteiger partial charge in [-0.05, 0) is 69.5 Å². The summed E-state index contributed by atoms with van der Waals surface area (Å²) in [5.41, 5.74) is 10.3. The molecule has 1 heterocycles. The molecule has 6 rings (SSSR count). The molecule has 1 heteroatoms. The molecule has 0 unspecified atom stereocenters. The summed E-state index contributed by atoms with van der Waals surface area (Å²) in [6.07, 6.45) is 5.81. The Morgan fingerprint density at radius 1 is 0.455 bits per heavy atom. The van der Waals surface area contributed by atoms with Gasteiger partial charge in [0.1, 0.15) is 0 Å². The van der Waals surface area contributed by atoms with E-state index >= 15 is 0 Å². The van der Waals surface area contributed by atoms with Crippen LogP contribution in [0.5, 0.6) is 0 Å². The molecular formula is C32H25N. The maximum Gasteiger partial charge on any atom is 0.0706 e. The van der Waals surface area contributed by atoms with Crippen LogP contribution < -0.4 is 0 Å². The van der Waals surface area contributed by atoms with E-state index in [-0.39, 0.29) is 5.41 Å². The Morgan fingerprint density at radius 3 is 1.55 bits per heavy atom. The Kier molecular flexibility index (Phi) is 4.88. The van der Waals surface area contributed by atoms with Crippen LogP contribution >= 0.6 is 0 Å². The van der Waals surface area contributed by atoms with Gasteiger partial charge in [-0.2, -0.15) is 0 Å². The fourth-order valence-electron chi connectivity index (χ4n) is 5.56. The number of aromatic nitrogens is 1. The van der Waals surface area contributed by atoms with Gasteiger partial charge in [-0.1, -0.05) is 103 Å². The van der Waals surface area contributed by atoms with Crippen molar-refractivity contribution in [3.8, 4) is 11.1 Å². The van der Waals surface area contributed by atoms with Crippen molar-refractivity contribution in [2.24, 2.45) is 0 Å². The molecule has 4 aromatic carbocycles. The minimum atomic E-state index is -0.359. The highest BCUT2D eigenvalue weighted by Gasteiger charge is 2.42. The van der Waals surface area contributed by atoms with Crippen LogP contribution in [-0.2, 0) is 18.3 Å². The zero-order chi connectivity index (χ0) is 22.1. The van der Waals surface area contributed by atoms with Crippen LogP contribution in [0, 0.1) is 0 Å². The number of nitrogens with zero attached hydrogens (tertiary/aromatic N) is 1. The Bertz CT molecular complexity index is 1340. The van der Waals surface area contributed by atoms with Gasteiger partial charge in [-0.3, -0.25) is 4.98 Å². The molecule has 0 saturated carbocycles. The van der Waals surface area contributed by atoms with E-state index in [0.717, 1.165) is 12.8 Å². The van der Waals surface area contributed by atoms with E-state index in [1.54, 1.807) is 0 Å². The summed E-state index contributed by atoms with van der Waals surface area (Å²) >= 11 is 0. The lowest BCUT2D eigenvalue weighted by molar-refractivity contribution is 0.739. The molecule has 1 aromatic heterocycles. The standard InChI is InChI=1S/C32H25N/c1-2-10-28(11-3-1)32(29-18-16-24(17-19-29)25-20-22-33-23-21-25)30-12-6-4-8-26(30)14-15-27-9-5-7-13-31(27)32/h1-13,16-23H,14-15H2. The lowest BCUT2D eigenvalue weighted by Gasteiger charge is -2.38. The molecule has 5 aromatic rings. The summed E-state index contributed by atoms with van der Waals surface area (Å²) < 4.78 is 0. The molecule has 33 heavy (non-hydrogen) atoms. The van der Waals surface area contributed by atoms with E-state index in [1.807, 2.05) is 12.4 Å². The second-order valence-electron chi connectivity index (χ2n) is 8.74. The Morgan fingerprint density at radius 2 is 0.939 bits per heavy atom. The molecule has 1 aliphatic carbocycles. The first-order valence-corrected chi connectivity index (χ1v) is 11.6. The lowest BCUT2D eigenvalue weighted by Crippen LogP contribution is -2.32. The first-order valence-electron chi connectivity index (χ1n) is 11.6. The van der Waals surface area contributed by atoms with Gasteiger partial charge in [0.2, 0.25) is 0 Å². The number of aryl methyl sites for hydroxylation is 2. The first kappa shape index (κ1) is 19.7. The highest BCUT2D eigenvalue weighted by molar-refractivity contribution is 5.68. The molecule has 1 aliphatic rings. The molecule has 1 nitrogen and oxygen atoms in total. The molecule has 0 amide bonds. The minimum absolute atomic E-state index is 0.359. The summed E-state index contributed by atoms with van der Waals surface area (Å²) in [4.78, 5) is 4.17. The molecule has 0 fully saturated rings. The molecule has 158 valence electrons. The third kappa shape index (κ3) is 3.20. The van der Waals surface area contributed by atoms with Crippen LogP contribution in [0.3, 0.4) is 0 Å². The van der Waals surface area contributed by atoms with Crippen LogP contribution in [0.15, 0.2) is 128 Å². The van der Waals surface area contributed by atoms with Gasteiger partial charge < -0.3 is 0 Å². The van der Waals surface area contributed by atoms with Gasteiger partial charge in [-0.25, -0.2) is 0 Å². The second-order valence-corrected chi connectivity index (χ2v) is 8.74. The fraction of sp³-hybridized carbons (Fsp3) is 0.0938. The van der Waals surface area contributed by atoms with Crippen LogP contribution in [0.4, 0.5) is 0 Å². The highest BCUT2D eigenvalue weighted by atomic mass is 14.6. The normalized spacial score (nSPS) is 14.1. The molecule has 0 radical (unpaired) electrons. The molecular weight excluding hydrogens is 398 g/mol. The van der Waals surface area contributed by atoms with Crippen molar-refractivity contribution < 1.29 is 0 Å². The van der Waals surface area contributed by atoms with Gasteiger partial charge in [-0.15, -0.1) is 0 Å². The average Bonchev–Trinajstić information content (AvgIpc) is 3.05. The van der Waals surface area contributed by atoms with Gasteiger partial charge in [0.05, 0.1) is 5.41 Å². The summed E-state index contributed by atoms with van der Waals surface area (Å²) in [7, 11) is 0. The van der Waals surface area contributed by atoms with Gasteiger partial charge in [0.25, 0.3) is 0 Å². The van der Waals surface area contributed by atoms with Crippen molar-refractivity contribution in [2.45, 2.75) is 18.3 Å². The third-order valence-corrected chi connectivity index (χ3v) is 7.04. The van der Waals surface area contributed by atoms with Crippen LogP contribution in [0.25, 0.3) is 11.1 Å². The fourth-order valence-corrected chi connectivity index (χ4v) is 5.56. The van der Waals surface area contributed by atoms with Gasteiger partial charge in [0.15, 0.2) is 0 Å². The zero-order valence-electron chi connectivity index (χ0n) is 18.5. The summed E-state index contributed by atoms with van der Waals surface area (Å²) in [6, 6.07) is 42.3. The number of hydrogen-bond donors (Lipinski definition) is 0. The summed E-state index contributed by atoms with van der Waals surface area (Å²) in [6.45, 7) is 0. The number of rotatable bonds is 3. The van der Waals surface area contributed by atoms with E-state index < -0.39 is 0 Å². The quantitative estimate of drug-likeness (QED) is 0.298. The number of benzene rings is 4. The summed E-state index contributed by atoms with van der Waals surface area (Å²) in [5.74, 6) is 0. The van der Waals surface area contributed by atoms with E-state index in [1.165, 1.54) is 44.5 Å². The molecule has 0 aliphatic heterocycles. The number of fused-ring (bicyclic) bond motifs is 2. The van der Waals surface area contributed by atoms with Crippen LogP contribution in [0.2, 0.25) is 0 Å². The van der Waals surface area contributed by atoms with Crippen molar-refractivity contribution in [3.63, 3.8) is 0 Å². The number of pyridine rings is 1. The molecule has 0 spiro atoms. The smallest absolute Gasteiger partial charge is 0.0706 e. The zero-order valence-corrected chi connectivity index (χ0v) is 18.5. The van der Waals surface area contributed by atoms with Crippen LogP contribution in [-0.4, -0.2) is 4.98 Å². The minimum Gasteiger partial charge on any atom is -0.265 e. The van der Waals surface area contributed by atoms with E-state index in [9.17, 15) is 0 Å². The third-order valence-electron chi connectivity index (χ3n) is 7.04. The van der Waals surface area contributed by atoms with Crippen molar-refractivity contribution in [2.75, 3.05) is 0 Å². The number of hydrogen-bond acceptors (Lipinski definition) is 1. The molecule has 0 N–H and O–H groups in total. The Hall–Kier alpha value is -3.97. The lowest BCUT2D eigenvalue weighted by atomic mass is 9.63. The molecule has 0 saturated heterocycles. The van der Waals surface area contributed by atoms with Crippen molar-refractivity contribution in [1.82, 2.24) is 4.98 Å². The maximum atomic E-state index is 4.17. The Labute approximate surface area is 195 Å². The van der Waals surface area contributed by atoms with Gasteiger partial charge >= 0.3 is 0 Å². The summed E-state index contributed by atoms with van der Waals surface area (Å²) in [5, 5.41) is 0. The highest BCUT2D eigenvalue weighted by Crippen LogP contribution is 2.49. The van der Waals surface area contributed by atoms with E-state index in [4.69, 9.17) is 0 Å². The average molecular weight is 424 g/mol. The van der Waals surface area contributed by atoms with Crippen molar-refractivity contribution in [3.05, 3.63) is 161 Å². The first-order chi connectivity index (χ1) is 16.4. The molecule has 0 bridgehead atoms. The molecule has 0 atom stereocenters. The monoisotopic (exact) mass is 423 g/mol. The maximum absolute atomic E-state index is 4.17. The Balaban J connectivity index is 1.68. The van der Waals surface area contributed by atoms with Gasteiger partial charge in [0, 0.05) is 12.4 Å². The second kappa shape index (κ2) is 8.18. The van der Waals surface area contributed by atoms with E-state index in [2.05, 4.69) is 120 Å². The largest absolute Gasteiger partial charge is 0.265 e.